The number of para-hydroxylation sites is 2. The third-order valence-corrected chi connectivity index (χ3v) is 18.8. The van der Waals surface area contributed by atoms with Crippen LogP contribution in [0.25, 0.3) is 142 Å². The van der Waals surface area contributed by atoms with Gasteiger partial charge in [-0.3, -0.25) is 0 Å². The van der Waals surface area contributed by atoms with Crippen LogP contribution in [-0.4, -0.2) is 0 Å². The monoisotopic (exact) mass is 1200 g/mol. The Morgan fingerprint density at radius 1 is 0.170 bits per heavy atom. The van der Waals surface area contributed by atoms with Gasteiger partial charge < -0.3 is 18.6 Å². The molecule has 0 saturated heterocycles. The van der Waals surface area contributed by atoms with Crippen molar-refractivity contribution in [3.8, 4) is 33.4 Å². The molecule has 2 aromatic heterocycles. The van der Waals surface area contributed by atoms with Gasteiger partial charge in [0.1, 0.15) is 22.3 Å². The quantitative estimate of drug-likeness (QED) is 0.144. The van der Waals surface area contributed by atoms with Gasteiger partial charge in [0, 0.05) is 66.1 Å². The molecule has 0 aliphatic rings. The largest absolute Gasteiger partial charge is 0.455 e. The van der Waals surface area contributed by atoms with Crippen LogP contribution in [0, 0.1) is 0 Å². The van der Waals surface area contributed by atoms with Crippen molar-refractivity contribution in [2.75, 3.05) is 9.80 Å². The lowest BCUT2D eigenvalue weighted by Gasteiger charge is -2.27. The molecule has 0 radical (unpaired) electrons. The average Bonchev–Trinajstić information content (AvgIpc) is 1.40. The van der Waals surface area contributed by atoms with Gasteiger partial charge in [0.05, 0.1) is 5.69 Å². The minimum absolute atomic E-state index is 0.915. The summed E-state index contributed by atoms with van der Waals surface area (Å²) in [7, 11) is 0. The first kappa shape index (κ1) is 54.4. The minimum atomic E-state index is 0.915. The molecule has 94 heavy (non-hydrogen) atoms. The number of nitrogens with zero attached hydrogens (tertiary/aromatic N) is 2. The first-order valence-electron chi connectivity index (χ1n) is 32.1. The van der Waals surface area contributed by atoms with Crippen molar-refractivity contribution in [2.45, 2.75) is 0 Å². The van der Waals surface area contributed by atoms with E-state index in [-0.39, 0.29) is 0 Å². The highest BCUT2D eigenvalue weighted by atomic mass is 16.3. The fourth-order valence-electron chi connectivity index (χ4n) is 14.1. The number of hydrogen-bond donors (Lipinski definition) is 0. The van der Waals surface area contributed by atoms with Crippen LogP contribution < -0.4 is 9.80 Å². The molecular formula is C90H58N2O2. The maximum Gasteiger partial charge on any atom is 0.143 e. The maximum absolute atomic E-state index is 6.39. The van der Waals surface area contributed by atoms with Crippen molar-refractivity contribution in [1.29, 1.82) is 0 Å². The second kappa shape index (κ2) is 22.8. The van der Waals surface area contributed by atoms with E-state index in [0.717, 1.165) is 99.5 Å². The lowest BCUT2D eigenvalue weighted by Crippen LogP contribution is -2.10. The van der Waals surface area contributed by atoms with E-state index < -0.39 is 0 Å². The number of fused-ring (bicyclic) bond motifs is 14. The average molecular weight is 1200 g/mol. The van der Waals surface area contributed by atoms with E-state index in [1.807, 2.05) is 24.3 Å². The second-order valence-electron chi connectivity index (χ2n) is 24.4. The third-order valence-electron chi connectivity index (χ3n) is 18.8. The number of anilines is 6. The van der Waals surface area contributed by atoms with Crippen LogP contribution in [0.4, 0.5) is 34.1 Å². The molecule has 0 N–H and O–H groups in total. The first-order chi connectivity index (χ1) is 46.5. The molecule has 0 amide bonds. The van der Waals surface area contributed by atoms with Crippen molar-refractivity contribution in [3.63, 3.8) is 0 Å². The molecule has 0 aliphatic carbocycles. The Kier molecular flexibility index (Phi) is 13.2. The van der Waals surface area contributed by atoms with Crippen LogP contribution in [0.2, 0.25) is 0 Å². The zero-order valence-electron chi connectivity index (χ0n) is 51.2. The summed E-state index contributed by atoms with van der Waals surface area (Å²) < 4.78 is 12.7. The van der Waals surface area contributed by atoms with E-state index in [1.165, 1.54) is 76.5 Å². The van der Waals surface area contributed by atoms with Crippen molar-refractivity contribution in [2.24, 2.45) is 0 Å². The Bertz CT molecular complexity index is 5990. The third kappa shape index (κ3) is 9.72. The Labute approximate surface area is 543 Å². The van der Waals surface area contributed by atoms with Gasteiger partial charge in [-0.25, -0.2) is 0 Å². The molecule has 0 unspecified atom stereocenters. The molecule has 17 aromatic carbocycles. The summed E-state index contributed by atoms with van der Waals surface area (Å²) in [6.45, 7) is 0. The topological polar surface area (TPSA) is 32.8 Å². The summed E-state index contributed by atoms with van der Waals surface area (Å²) >= 11 is 0. The van der Waals surface area contributed by atoms with Crippen LogP contribution in [0.3, 0.4) is 0 Å². The summed E-state index contributed by atoms with van der Waals surface area (Å²) in [5.74, 6) is 0. The van der Waals surface area contributed by atoms with Crippen molar-refractivity contribution < 1.29 is 8.83 Å². The summed E-state index contributed by atoms with van der Waals surface area (Å²) in [4.78, 5) is 4.71. The molecule has 0 saturated carbocycles. The molecule has 4 nitrogen and oxygen atoms in total. The number of hydrogen-bond acceptors (Lipinski definition) is 4. The number of benzene rings is 17. The van der Waals surface area contributed by atoms with Gasteiger partial charge in [0.15, 0.2) is 0 Å². The highest BCUT2D eigenvalue weighted by molar-refractivity contribution is 6.17. The first-order valence-corrected chi connectivity index (χ1v) is 32.1. The molecular weight excluding hydrogens is 1140 g/mol. The zero-order chi connectivity index (χ0) is 62.1. The molecule has 0 bridgehead atoms. The van der Waals surface area contributed by atoms with Crippen LogP contribution in [0.5, 0.6) is 0 Å². The molecule has 4 heteroatoms. The maximum atomic E-state index is 6.39. The smallest absolute Gasteiger partial charge is 0.143 e. The molecule has 0 spiro atoms. The molecule has 2 heterocycles. The van der Waals surface area contributed by atoms with Gasteiger partial charge in [-0.1, -0.05) is 231 Å². The minimum Gasteiger partial charge on any atom is -0.455 e. The number of rotatable bonds is 9. The molecule has 440 valence electrons. The van der Waals surface area contributed by atoms with Gasteiger partial charge in [-0.2, -0.15) is 0 Å². The van der Waals surface area contributed by atoms with Gasteiger partial charge >= 0.3 is 0 Å². The fraction of sp³-hybridized carbons (Fsp3) is 0. The van der Waals surface area contributed by atoms with E-state index in [2.05, 4.69) is 337 Å². The van der Waals surface area contributed by atoms with Gasteiger partial charge in [-0.05, 0) is 203 Å². The van der Waals surface area contributed by atoms with Crippen molar-refractivity contribution >= 4 is 143 Å². The Balaban J connectivity index is 0.000000139. The van der Waals surface area contributed by atoms with E-state index >= 15 is 0 Å². The van der Waals surface area contributed by atoms with E-state index in [9.17, 15) is 0 Å². The van der Waals surface area contributed by atoms with Gasteiger partial charge in [0.2, 0.25) is 0 Å². The van der Waals surface area contributed by atoms with Crippen molar-refractivity contribution in [1.82, 2.24) is 0 Å². The molecule has 19 rings (SSSR count). The standard InChI is InChI=1S/C48H31NO.C42H27NO/c1-3-9-36-29-38(15-13-32(36)7-1)34-17-22-41(23-18-34)49(42-24-19-35(20-25-42)39-16-14-33-8-2-4-10-37(33)30-39)43-26-28-44-40(31-43)21-27-46-45-11-5-6-12-47(45)50-48(44)46;1-2-10-31-26-32(17-16-28(31)8-1)29-18-21-34(22-19-29)43(40-14-7-11-30-9-3-4-12-36(30)40)35-23-25-37-33(27-35)20-24-39-38-13-5-6-15-41(38)44-42(37)39/h1-31H;1-27H. The Hall–Kier alpha value is -12.5. The van der Waals surface area contributed by atoms with E-state index in [1.54, 1.807) is 0 Å². The Morgan fingerprint density at radius 2 is 0.489 bits per heavy atom. The fourth-order valence-corrected chi connectivity index (χ4v) is 14.1. The van der Waals surface area contributed by atoms with Gasteiger partial charge in [0.25, 0.3) is 0 Å². The molecule has 0 fully saturated rings. The van der Waals surface area contributed by atoms with Crippen LogP contribution in [0.1, 0.15) is 0 Å². The summed E-state index contributed by atoms with van der Waals surface area (Å²) in [5.41, 5.74) is 17.5. The highest BCUT2D eigenvalue weighted by Gasteiger charge is 2.20. The lowest BCUT2D eigenvalue weighted by molar-refractivity contribution is 0.672. The normalized spacial score (nSPS) is 11.6. The Morgan fingerprint density at radius 3 is 0.936 bits per heavy atom. The zero-order valence-corrected chi connectivity index (χ0v) is 51.2. The van der Waals surface area contributed by atoms with Crippen LogP contribution in [0.15, 0.2) is 361 Å². The van der Waals surface area contributed by atoms with Gasteiger partial charge in [-0.15, -0.1) is 0 Å². The lowest BCUT2D eigenvalue weighted by atomic mass is 10.00. The van der Waals surface area contributed by atoms with E-state index in [0.29, 0.717) is 0 Å². The van der Waals surface area contributed by atoms with Crippen LogP contribution >= 0.6 is 0 Å². The highest BCUT2D eigenvalue weighted by Crippen LogP contribution is 2.45. The van der Waals surface area contributed by atoms with E-state index in [4.69, 9.17) is 8.83 Å². The summed E-state index contributed by atoms with van der Waals surface area (Å²) in [5, 5.41) is 19.0. The summed E-state index contributed by atoms with van der Waals surface area (Å²) in [6, 6.07) is 126. The van der Waals surface area contributed by atoms with Crippen molar-refractivity contribution in [3.05, 3.63) is 352 Å². The summed E-state index contributed by atoms with van der Waals surface area (Å²) in [6.07, 6.45) is 0. The molecule has 19 aromatic rings. The second-order valence-corrected chi connectivity index (χ2v) is 24.4. The molecule has 0 aliphatic heterocycles. The predicted molar refractivity (Wildman–Crippen MR) is 398 cm³/mol. The molecule has 0 atom stereocenters. The number of furan rings is 2. The predicted octanol–water partition coefficient (Wildman–Crippen LogP) is 26.0. The SMILES string of the molecule is c1ccc2cc(-c3ccc(N(c4ccc(-c5ccc6ccccc6c5)cc4)c4ccc5c(ccc6c7ccccc7oc56)c4)cc3)ccc2c1.c1ccc2cc(-c3ccc(N(c4ccc5c(ccc6c7ccccc7oc56)c4)c4cccc5ccccc45)cc3)ccc2c1. The van der Waals surface area contributed by atoms with Crippen LogP contribution in [-0.2, 0) is 0 Å².